The molecular formula is C26H34BrNO. The molecule has 0 radical (unpaired) electrons. The van der Waals surface area contributed by atoms with Gasteiger partial charge in [-0.15, -0.1) is 0 Å². The standard InChI is InChI=1S/C26H34BrNO/c1-3-5-9-16-28(17-10-6-4-2)19-26(29)23-15-11-14-21-20-12-7-8-13-22(20)25(27)18-24(21)23/h7-8,11-15,18,26,29H,3-6,9-10,16-17,19H2,1-2H3/t26-/m1/s1. The minimum Gasteiger partial charge on any atom is -0.387 e. The third-order valence-corrected chi connectivity index (χ3v) is 6.49. The lowest BCUT2D eigenvalue weighted by Crippen LogP contribution is -2.31. The maximum atomic E-state index is 11.2. The van der Waals surface area contributed by atoms with E-state index in [0.29, 0.717) is 6.54 Å². The lowest BCUT2D eigenvalue weighted by molar-refractivity contribution is 0.111. The van der Waals surface area contributed by atoms with Gasteiger partial charge in [0.1, 0.15) is 0 Å². The van der Waals surface area contributed by atoms with Gasteiger partial charge in [-0.3, -0.25) is 0 Å². The Balaban J connectivity index is 1.87. The van der Waals surface area contributed by atoms with E-state index in [0.717, 1.165) is 28.5 Å². The van der Waals surface area contributed by atoms with E-state index in [1.165, 1.54) is 54.7 Å². The molecule has 0 fully saturated rings. The fourth-order valence-electron chi connectivity index (χ4n) is 4.21. The largest absolute Gasteiger partial charge is 0.387 e. The molecule has 3 aromatic carbocycles. The molecule has 3 rings (SSSR count). The highest BCUT2D eigenvalue weighted by molar-refractivity contribution is 9.10. The first-order chi connectivity index (χ1) is 14.2. The normalized spacial score (nSPS) is 12.9. The number of nitrogens with zero attached hydrogens (tertiary/aromatic N) is 1. The van der Waals surface area contributed by atoms with Crippen LogP contribution < -0.4 is 0 Å². The number of aliphatic hydroxyl groups excluding tert-OH is 1. The van der Waals surface area contributed by atoms with Gasteiger partial charge in [0.2, 0.25) is 0 Å². The third-order valence-electron chi connectivity index (χ3n) is 5.83. The summed E-state index contributed by atoms with van der Waals surface area (Å²) >= 11 is 3.74. The van der Waals surface area contributed by atoms with Crippen LogP contribution in [0.15, 0.2) is 53.0 Å². The SMILES string of the molecule is CCCCCN(CCCCC)C[C@@H](O)c1cccc2c1cc(Br)c1ccccc12. The number of hydrogen-bond donors (Lipinski definition) is 1. The first kappa shape index (κ1) is 22.3. The van der Waals surface area contributed by atoms with Gasteiger partial charge in [0.25, 0.3) is 0 Å². The molecule has 156 valence electrons. The Morgan fingerprint density at radius 3 is 2.03 bits per heavy atom. The highest BCUT2D eigenvalue weighted by Crippen LogP contribution is 2.35. The number of rotatable bonds is 11. The molecule has 0 saturated heterocycles. The molecule has 29 heavy (non-hydrogen) atoms. The zero-order valence-electron chi connectivity index (χ0n) is 17.8. The summed E-state index contributed by atoms with van der Waals surface area (Å²) in [5.41, 5.74) is 1.03. The van der Waals surface area contributed by atoms with Crippen molar-refractivity contribution < 1.29 is 5.11 Å². The molecule has 0 bridgehead atoms. The first-order valence-electron chi connectivity index (χ1n) is 11.2. The Labute approximate surface area is 184 Å². The van der Waals surface area contributed by atoms with Crippen LogP contribution in [0.4, 0.5) is 0 Å². The van der Waals surface area contributed by atoms with Gasteiger partial charge < -0.3 is 10.0 Å². The molecule has 0 spiro atoms. The highest BCUT2D eigenvalue weighted by Gasteiger charge is 2.17. The molecule has 0 aliphatic heterocycles. The average molecular weight is 456 g/mol. The van der Waals surface area contributed by atoms with Crippen molar-refractivity contribution in [1.29, 1.82) is 0 Å². The molecule has 0 unspecified atom stereocenters. The molecule has 0 saturated carbocycles. The number of fused-ring (bicyclic) bond motifs is 3. The molecule has 0 heterocycles. The van der Waals surface area contributed by atoms with Crippen LogP contribution in [0.5, 0.6) is 0 Å². The maximum absolute atomic E-state index is 11.2. The van der Waals surface area contributed by atoms with E-state index in [-0.39, 0.29) is 0 Å². The zero-order chi connectivity index (χ0) is 20.6. The molecular weight excluding hydrogens is 422 g/mol. The van der Waals surface area contributed by atoms with E-state index < -0.39 is 6.10 Å². The Bertz CT molecular complexity index is 913. The van der Waals surface area contributed by atoms with Crippen LogP contribution in [-0.2, 0) is 0 Å². The number of halogens is 1. The van der Waals surface area contributed by atoms with E-state index in [4.69, 9.17) is 0 Å². The van der Waals surface area contributed by atoms with Crippen molar-refractivity contribution in [3.63, 3.8) is 0 Å². The molecule has 0 amide bonds. The predicted molar refractivity (Wildman–Crippen MR) is 130 cm³/mol. The van der Waals surface area contributed by atoms with Gasteiger partial charge in [0.05, 0.1) is 6.10 Å². The second kappa shape index (κ2) is 11.1. The molecule has 2 nitrogen and oxygen atoms in total. The quantitative estimate of drug-likeness (QED) is 0.239. The molecule has 0 aliphatic carbocycles. The Hall–Kier alpha value is -1.42. The summed E-state index contributed by atoms with van der Waals surface area (Å²) in [6.07, 6.45) is 6.92. The van der Waals surface area contributed by atoms with Gasteiger partial charge in [-0.1, -0.05) is 97.9 Å². The van der Waals surface area contributed by atoms with E-state index in [2.05, 4.69) is 83.2 Å². The van der Waals surface area contributed by atoms with Gasteiger partial charge in [0, 0.05) is 11.0 Å². The summed E-state index contributed by atoms with van der Waals surface area (Å²) < 4.78 is 1.09. The summed E-state index contributed by atoms with van der Waals surface area (Å²) in [7, 11) is 0. The van der Waals surface area contributed by atoms with Crippen molar-refractivity contribution in [3.8, 4) is 0 Å². The van der Waals surface area contributed by atoms with Crippen LogP contribution >= 0.6 is 15.9 Å². The van der Waals surface area contributed by atoms with Crippen LogP contribution in [0.3, 0.4) is 0 Å². The van der Waals surface area contributed by atoms with E-state index >= 15 is 0 Å². The highest BCUT2D eigenvalue weighted by atomic mass is 79.9. The van der Waals surface area contributed by atoms with Gasteiger partial charge >= 0.3 is 0 Å². The summed E-state index contributed by atoms with van der Waals surface area (Å²) in [5, 5.41) is 16.0. The van der Waals surface area contributed by atoms with Crippen molar-refractivity contribution in [2.75, 3.05) is 19.6 Å². The van der Waals surface area contributed by atoms with E-state index in [1.54, 1.807) is 0 Å². The fourth-order valence-corrected chi connectivity index (χ4v) is 4.78. The molecule has 1 N–H and O–H groups in total. The van der Waals surface area contributed by atoms with Gasteiger partial charge in [-0.25, -0.2) is 0 Å². The molecule has 3 heteroatoms. The lowest BCUT2D eigenvalue weighted by atomic mass is 9.95. The minimum atomic E-state index is -0.477. The van der Waals surface area contributed by atoms with Crippen LogP contribution in [0, 0.1) is 0 Å². The lowest BCUT2D eigenvalue weighted by Gasteiger charge is -2.26. The summed E-state index contributed by atoms with van der Waals surface area (Å²) in [6, 6.07) is 17.0. The molecule has 0 aromatic heterocycles. The van der Waals surface area contributed by atoms with E-state index in [1.807, 2.05) is 0 Å². The average Bonchev–Trinajstić information content (AvgIpc) is 2.74. The van der Waals surface area contributed by atoms with Crippen LogP contribution in [0.25, 0.3) is 21.5 Å². The predicted octanol–water partition coefficient (Wildman–Crippen LogP) is 7.47. The van der Waals surface area contributed by atoms with Crippen molar-refractivity contribution in [2.45, 2.75) is 58.5 Å². The maximum Gasteiger partial charge on any atom is 0.0922 e. The summed E-state index contributed by atoms with van der Waals surface area (Å²) in [5.74, 6) is 0. The monoisotopic (exact) mass is 455 g/mol. The fraction of sp³-hybridized carbons (Fsp3) is 0.462. The van der Waals surface area contributed by atoms with Crippen LogP contribution in [-0.4, -0.2) is 29.6 Å². The Kier molecular flexibility index (Phi) is 8.53. The van der Waals surface area contributed by atoms with Gasteiger partial charge in [0.15, 0.2) is 0 Å². The number of aliphatic hydroxyl groups is 1. The third kappa shape index (κ3) is 5.59. The molecule has 0 aliphatic rings. The molecule has 3 aromatic rings. The van der Waals surface area contributed by atoms with Crippen molar-refractivity contribution >= 4 is 37.5 Å². The first-order valence-corrected chi connectivity index (χ1v) is 11.9. The van der Waals surface area contributed by atoms with Crippen molar-refractivity contribution in [1.82, 2.24) is 4.90 Å². The summed E-state index contributed by atoms with van der Waals surface area (Å²) in [4.78, 5) is 2.46. The topological polar surface area (TPSA) is 23.5 Å². The van der Waals surface area contributed by atoms with Gasteiger partial charge in [-0.05, 0) is 59.1 Å². The smallest absolute Gasteiger partial charge is 0.0922 e. The van der Waals surface area contributed by atoms with Crippen molar-refractivity contribution in [3.05, 3.63) is 58.6 Å². The minimum absolute atomic E-state index is 0.477. The van der Waals surface area contributed by atoms with Crippen LogP contribution in [0.1, 0.15) is 64.0 Å². The van der Waals surface area contributed by atoms with Crippen LogP contribution in [0.2, 0.25) is 0 Å². The Morgan fingerprint density at radius 1 is 0.793 bits per heavy atom. The Morgan fingerprint density at radius 2 is 1.38 bits per heavy atom. The van der Waals surface area contributed by atoms with Gasteiger partial charge in [-0.2, -0.15) is 0 Å². The van der Waals surface area contributed by atoms with Crippen molar-refractivity contribution in [2.24, 2.45) is 0 Å². The van der Waals surface area contributed by atoms with E-state index in [9.17, 15) is 5.11 Å². The summed E-state index contributed by atoms with van der Waals surface area (Å²) in [6.45, 7) is 7.35. The zero-order valence-corrected chi connectivity index (χ0v) is 19.4. The second-order valence-corrected chi connectivity index (χ2v) is 8.93. The second-order valence-electron chi connectivity index (χ2n) is 8.08. The number of hydrogen-bond acceptors (Lipinski definition) is 2. The number of unbranched alkanes of at least 4 members (excludes halogenated alkanes) is 4. The molecule has 1 atom stereocenters. The number of benzene rings is 3.